The fourth-order valence-corrected chi connectivity index (χ4v) is 3.53. The Morgan fingerprint density at radius 3 is 2.20 bits per heavy atom. The second-order valence-electron chi connectivity index (χ2n) is 9.62. The van der Waals surface area contributed by atoms with Gasteiger partial charge in [0, 0.05) is 18.5 Å². The van der Waals surface area contributed by atoms with Crippen LogP contribution in [0.5, 0.6) is 0 Å². The van der Waals surface area contributed by atoms with Gasteiger partial charge in [-0.25, -0.2) is 9.78 Å². The standard InChI is InChI=1S/C29H31N3O3/c1-21(32(28(34)35)20-29(2,3)4)27(33)31-26-18-16-24(19-23-13-9-6-10-14-23)25(30-26)17-15-22-11-7-5-8-12-22/h5-14,16,18,21H,19-20H2,1-4H3,(H,34,35)(H,30,31,33). The van der Waals surface area contributed by atoms with Gasteiger partial charge in [0.1, 0.15) is 17.6 Å². The molecule has 0 saturated carbocycles. The number of hydrogen-bond donors (Lipinski definition) is 2. The van der Waals surface area contributed by atoms with Gasteiger partial charge >= 0.3 is 6.09 Å². The summed E-state index contributed by atoms with van der Waals surface area (Å²) in [6, 6.07) is 22.4. The van der Waals surface area contributed by atoms with Crippen molar-refractivity contribution in [3.63, 3.8) is 0 Å². The maximum Gasteiger partial charge on any atom is 0.407 e. The average Bonchev–Trinajstić information content (AvgIpc) is 2.82. The number of carboxylic acid groups (broad SMARTS) is 1. The summed E-state index contributed by atoms with van der Waals surface area (Å²) in [5.74, 6) is 6.17. The van der Waals surface area contributed by atoms with Gasteiger partial charge in [-0.05, 0) is 47.6 Å². The number of nitrogens with zero attached hydrogens (tertiary/aromatic N) is 2. The van der Waals surface area contributed by atoms with Crippen molar-refractivity contribution in [2.45, 2.75) is 40.2 Å². The van der Waals surface area contributed by atoms with Crippen molar-refractivity contribution >= 4 is 17.8 Å². The fraction of sp³-hybridized carbons (Fsp3) is 0.276. The Balaban J connectivity index is 1.87. The molecule has 1 aromatic heterocycles. The third kappa shape index (κ3) is 7.72. The molecule has 180 valence electrons. The smallest absolute Gasteiger partial charge is 0.407 e. The number of amides is 2. The number of pyridine rings is 1. The molecule has 2 aromatic carbocycles. The van der Waals surface area contributed by atoms with Crippen LogP contribution in [0.2, 0.25) is 0 Å². The molecule has 6 heteroatoms. The minimum atomic E-state index is -1.14. The first-order valence-corrected chi connectivity index (χ1v) is 11.5. The third-order valence-corrected chi connectivity index (χ3v) is 5.30. The van der Waals surface area contributed by atoms with Gasteiger partial charge in [-0.2, -0.15) is 0 Å². The summed E-state index contributed by atoms with van der Waals surface area (Å²) in [7, 11) is 0. The van der Waals surface area contributed by atoms with Gasteiger partial charge in [0.15, 0.2) is 0 Å². The van der Waals surface area contributed by atoms with E-state index in [0.29, 0.717) is 17.9 Å². The Morgan fingerprint density at radius 1 is 0.971 bits per heavy atom. The predicted octanol–water partition coefficient (Wildman–Crippen LogP) is 5.43. The molecule has 3 rings (SSSR count). The van der Waals surface area contributed by atoms with Gasteiger partial charge < -0.3 is 10.4 Å². The Labute approximate surface area is 207 Å². The second kappa shape index (κ2) is 11.3. The molecular weight excluding hydrogens is 438 g/mol. The molecule has 0 aliphatic rings. The highest BCUT2D eigenvalue weighted by atomic mass is 16.4. The molecular formula is C29H31N3O3. The summed E-state index contributed by atoms with van der Waals surface area (Å²) in [5, 5.41) is 12.4. The molecule has 3 aromatic rings. The van der Waals surface area contributed by atoms with E-state index in [4.69, 9.17) is 0 Å². The van der Waals surface area contributed by atoms with Crippen LogP contribution in [0.1, 0.15) is 50.1 Å². The van der Waals surface area contributed by atoms with Crippen molar-refractivity contribution < 1.29 is 14.7 Å². The summed E-state index contributed by atoms with van der Waals surface area (Å²) in [4.78, 5) is 30.5. The van der Waals surface area contributed by atoms with Crippen molar-refractivity contribution in [1.29, 1.82) is 0 Å². The fourth-order valence-electron chi connectivity index (χ4n) is 3.53. The van der Waals surface area contributed by atoms with Crippen molar-refractivity contribution in [2.24, 2.45) is 5.41 Å². The zero-order chi connectivity index (χ0) is 25.4. The maximum absolute atomic E-state index is 12.9. The molecule has 0 saturated heterocycles. The van der Waals surface area contributed by atoms with Crippen molar-refractivity contribution in [3.8, 4) is 11.8 Å². The van der Waals surface area contributed by atoms with Crippen LogP contribution in [-0.2, 0) is 11.2 Å². The number of rotatable bonds is 6. The quantitative estimate of drug-likeness (QED) is 0.472. The van der Waals surface area contributed by atoms with Gasteiger partial charge in [0.2, 0.25) is 5.91 Å². The van der Waals surface area contributed by atoms with Gasteiger partial charge in [0.25, 0.3) is 0 Å². The molecule has 1 heterocycles. The molecule has 1 atom stereocenters. The molecule has 0 radical (unpaired) electrons. The van der Waals surface area contributed by atoms with Gasteiger partial charge in [-0.3, -0.25) is 9.69 Å². The van der Waals surface area contributed by atoms with Gasteiger partial charge in [-0.15, -0.1) is 0 Å². The maximum atomic E-state index is 12.9. The number of nitrogens with one attached hydrogen (secondary N) is 1. The average molecular weight is 470 g/mol. The summed E-state index contributed by atoms with van der Waals surface area (Å²) < 4.78 is 0. The van der Waals surface area contributed by atoms with Crippen LogP contribution >= 0.6 is 0 Å². The molecule has 35 heavy (non-hydrogen) atoms. The second-order valence-corrected chi connectivity index (χ2v) is 9.62. The highest BCUT2D eigenvalue weighted by molar-refractivity contribution is 5.95. The van der Waals surface area contributed by atoms with E-state index in [0.717, 1.165) is 21.6 Å². The van der Waals surface area contributed by atoms with E-state index in [1.807, 2.05) is 87.5 Å². The normalized spacial score (nSPS) is 11.7. The minimum Gasteiger partial charge on any atom is -0.465 e. The van der Waals surface area contributed by atoms with Crippen LogP contribution in [0.3, 0.4) is 0 Å². The van der Waals surface area contributed by atoms with Crippen molar-refractivity contribution in [3.05, 3.63) is 95.2 Å². The zero-order valence-electron chi connectivity index (χ0n) is 20.6. The molecule has 1 unspecified atom stereocenters. The van der Waals surface area contributed by atoms with E-state index in [9.17, 15) is 14.7 Å². The number of carbonyl (C=O) groups is 2. The number of hydrogen-bond acceptors (Lipinski definition) is 3. The minimum absolute atomic E-state index is 0.230. The number of anilines is 1. The van der Waals surface area contributed by atoms with E-state index in [1.54, 1.807) is 13.0 Å². The zero-order valence-corrected chi connectivity index (χ0v) is 20.6. The Hall–Kier alpha value is -4.11. The molecule has 6 nitrogen and oxygen atoms in total. The lowest BCUT2D eigenvalue weighted by Crippen LogP contribution is -2.48. The van der Waals surface area contributed by atoms with Crippen molar-refractivity contribution in [2.75, 3.05) is 11.9 Å². The first kappa shape index (κ1) is 25.5. The largest absolute Gasteiger partial charge is 0.465 e. The number of benzene rings is 2. The SMILES string of the molecule is CC(C(=O)Nc1ccc(Cc2ccccc2)c(C#Cc2ccccc2)n1)N(CC(C)(C)C)C(=O)O. The lowest BCUT2D eigenvalue weighted by molar-refractivity contribution is -0.120. The highest BCUT2D eigenvalue weighted by Crippen LogP contribution is 2.19. The van der Waals surface area contributed by atoms with Crippen LogP contribution < -0.4 is 5.32 Å². The van der Waals surface area contributed by atoms with Gasteiger partial charge in [-0.1, -0.05) is 81.3 Å². The third-order valence-electron chi connectivity index (χ3n) is 5.30. The van der Waals surface area contributed by atoms with Crippen LogP contribution in [0.4, 0.5) is 10.6 Å². The summed E-state index contributed by atoms with van der Waals surface area (Å²) in [6.07, 6.45) is -0.488. The number of aromatic nitrogens is 1. The lowest BCUT2D eigenvalue weighted by atomic mass is 9.95. The Bertz CT molecular complexity index is 1220. The topological polar surface area (TPSA) is 82.5 Å². The monoisotopic (exact) mass is 469 g/mol. The van der Waals surface area contributed by atoms with Crippen molar-refractivity contribution in [1.82, 2.24) is 9.88 Å². The van der Waals surface area contributed by atoms with Crippen LogP contribution in [-0.4, -0.2) is 39.6 Å². The molecule has 0 bridgehead atoms. The van der Waals surface area contributed by atoms with Crippen LogP contribution in [0.15, 0.2) is 72.8 Å². The van der Waals surface area contributed by atoms with Gasteiger partial charge in [0.05, 0.1) is 0 Å². The molecule has 0 spiro atoms. The summed E-state index contributed by atoms with van der Waals surface area (Å²) >= 11 is 0. The van der Waals surface area contributed by atoms with E-state index in [-0.39, 0.29) is 12.0 Å². The molecule has 0 aliphatic carbocycles. The molecule has 2 N–H and O–H groups in total. The first-order valence-electron chi connectivity index (χ1n) is 11.5. The molecule has 0 fully saturated rings. The predicted molar refractivity (Wildman–Crippen MR) is 138 cm³/mol. The number of carbonyl (C=O) groups excluding carboxylic acids is 1. The first-order chi connectivity index (χ1) is 16.6. The summed E-state index contributed by atoms with van der Waals surface area (Å²) in [5.41, 5.74) is 3.20. The highest BCUT2D eigenvalue weighted by Gasteiger charge is 2.29. The van der Waals surface area contributed by atoms with E-state index < -0.39 is 18.0 Å². The van der Waals surface area contributed by atoms with E-state index in [1.165, 1.54) is 0 Å². The Kier molecular flexibility index (Phi) is 8.27. The van der Waals surface area contributed by atoms with Crippen LogP contribution in [0, 0.1) is 17.3 Å². The molecule has 0 aliphatic heterocycles. The van der Waals surface area contributed by atoms with E-state index >= 15 is 0 Å². The lowest BCUT2D eigenvalue weighted by Gasteiger charge is -2.31. The Morgan fingerprint density at radius 2 is 1.60 bits per heavy atom. The van der Waals surface area contributed by atoms with Crippen LogP contribution in [0.25, 0.3) is 0 Å². The summed E-state index contributed by atoms with van der Waals surface area (Å²) in [6.45, 7) is 7.60. The molecule has 2 amide bonds. The van der Waals surface area contributed by atoms with E-state index in [2.05, 4.69) is 22.1 Å².